The van der Waals surface area contributed by atoms with Crippen molar-refractivity contribution in [1.29, 1.82) is 0 Å². The number of aryl methyl sites for hydroxylation is 1. The van der Waals surface area contributed by atoms with E-state index in [9.17, 15) is 14.7 Å². The topological polar surface area (TPSA) is 111 Å². The third kappa shape index (κ3) is 5.53. The highest BCUT2D eigenvalue weighted by Crippen LogP contribution is 2.36. The van der Waals surface area contributed by atoms with Gasteiger partial charge < -0.3 is 19.1 Å². The summed E-state index contributed by atoms with van der Waals surface area (Å²) in [5.74, 6) is 1.87. The third-order valence-electron chi connectivity index (χ3n) is 6.81. The Hall–Kier alpha value is -3.42. The molecule has 0 saturated heterocycles. The summed E-state index contributed by atoms with van der Waals surface area (Å²) in [6.45, 7) is 4.55. The van der Waals surface area contributed by atoms with Crippen LogP contribution in [-0.4, -0.2) is 48.3 Å². The lowest BCUT2D eigenvalue weighted by molar-refractivity contribution is -0.115. The fraction of sp³-hybridized carbons (Fsp3) is 0.500. The lowest BCUT2D eigenvalue weighted by Crippen LogP contribution is -2.26. The number of ketones is 2. The van der Waals surface area contributed by atoms with Crippen LogP contribution in [0.15, 0.2) is 39.0 Å². The van der Waals surface area contributed by atoms with Crippen molar-refractivity contribution in [3.8, 4) is 11.5 Å². The van der Waals surface area contributed by atoms with Gasteiger partial charge in [-0.15, -0.1) is 0 Å². The molecule has 2 aliphatic rings. The van der Waals surface area contributed by atoms with Crippen LogP contribution >= 0.6 is 0 Å². The van der Waals surface area contributed by atoms with Gasteiger partial charge in [-0.05, 0) is 42.4 Å². The van der Waals surface area contributed by atoms with Crippen molar-refractivity contribution in [3.63, 3.8) is 0 Å². The van der Waals surface area contributed by atoms with E-state index in [4.69, 9.17) is 19.0 Å². The first-order valence-corrected chi connectivity index (χ1v) is 12.4. The minimum Gasteiger partial charge on any atom is -0.511 e. The number of carbonyl (C=O) groups is 2. The first-order valence-electron chi connectivity index (χ1n) is 12.4. The fourth-order valence-corrected chi connectivity index (χ4v) is 5.02. The fourth-order valence-electron chi connectivity index (χ4n) is 5.02. The summed E-state index contributed by atoms with van der Waals surface area (Å²) in [5, 5.41) is 15.0. The zero-order valence-corrected chi connectivity index (χ0v) is 21.5. The van der Waals surface area contributed by atoms with E-state index >= 15 is 0 Å². The van der Waals surface area contributed by atoms with Gasteiger partial charge in [0.25, 0.3) is 0 Å². The average Bonchev–Trinajstić information content (AvgIpc) is 3.24. The van der Waals surface area contributed by atoms with Gasteiger partial charge in [0.2, 0.25) is 0 Å². The van der Waals surface area contributed by atoms with Gasteiger partial charge >= 0.3 is 0 Å². The number of allylic oxidation sites excluding steroid dienone is 2. The number of rotatable bonds is 8. The van der Waals surface area contributed by atoms with Crippen LogP contribution in [0.1, 0.15) is 73.3 Å². The van der Waals surface area contributed by atoms with Crippen LogP contribution in [0.4, 0.5) is 0 Å². The molecule has 1 fully saturated rings. The largest absolute Gasteiger partial charge is 0.511 e. The molecule has 0 aliphatic heterocycles. The Morgan fingerprint density at radius 3 is 2.61 bits per heavy atom. The summed E-state index contributed by atoms with van der Waals surface area (Å²) in [6, 6.07) is 5.74. The Kier molecular flexibility index (Phi) is 7.62. The normalized spacial score (nSPS) is 19.8. The molecule has 1 heterocycles. The molecule has 2 aliphatic carbocycles. The predicted molar refractivity (Wildman–Crippen MR) is 135 cm³/mol. The van der Waals surface area contributed by atoms with E-state index in [2.05, 4.69) is 5.16 Å². The number of methoxy groups -OCH3 is 2. The van der Waals surface area contributed by atoms with Crippen molar-refractivity contribution in [2.45, 2.75) is 65.2 Å². The first kappa shape index (κ1) is 25.7. The van der Waals surface area contributed by atoms with Crippen molar-refractivity contribution < 1.29 is 28.7 Å². The molecule has 4 rings (SSSR count). The van der Waals surface area contributed by atoms with Crippen LogP contribution in [0.2, 0.25) is 0 Å². The molecule has 0 amide bonds. The van der Waals surface area contributed by atoms with Gasteiger partial charge in [0.15, 0.2) is 23.1 Å². The Labute approximate surface area is 211 Å². The number of hydrogen-bond donors (Lipinski definition) is 1. The molecule has 0 unspecified atom stereocenters. The van der Waals surface area contributed by atoms with Crippen molar-refractivity contribution in [1.82, 2.24) is 5.16 Å². The number of Topliss-reactive ketones (excluding diaryl/α,β-unsaturated/α-hetero) is 2. The maximum absolute atomic E-state index is 12.7. The molecule has 1 aromatic heterocycles. The summed E-state index contributed by atoms with van der Waals surface area (Å²) in [6.07, 6.45) is 4.03. The summed E-state index contributed by atoms with van der Waals surface area (Å²) >= 11 is 0. The quantitative estimate of drug-likeness (QED) is 0.405. The molecule has 0 bridgehead atoms. The van der Waals surface area contributed by atoms with E-state index in [1.807, 2.05) is 32.0 Å². The van der Waals surface area contributed by atoms with E-state index in [-0.39, 0.29) is 29.2 Å². The summed E-state index contributed by atoms with van der Waals surface area (Å²) < 4.78 is 16.1. The highest BCUT2D eigenvalue weighted by Gasteiger charge is 2.36. The molecule has 1 N–H and O–H groups in total. The molecular weight excluding hydrogens is 460 g/mol. The van der Waals surface area contributed by atoms with E-state index in [0.29, 0.717) is 91.3 Å². The van der Waals surface area contributed by atoms with Gasteiger partial charge in [0, 0.05) is 44.4 Å². The molecule has 2 aromatic rings. The molecular formula is C28H34N2O6. The van der Waals surface area contributed by atoms with Crippen LogP contribution in [-0.2, 0) is 24.1 Å². The van der Waals surface area contributed by atoms with Crippen LogP contribution < -0.4 is 9.47 Å². The Bertz CT molecular complexity index is 1220. The Morgan fingerprint density at radius 1 is 1.08 bits per heavy atom. The Balaban J connectivity index is 1.47. The van der Waals surface area contributed by atoms with Crippen LogP contribution in [0.5, 0.6) is 11.5 Å². The second-order valence-corrected chi connectivity index (χ2v) is 10.2. The lowest BCUT2D eigenvalue weighted by Gasteiger charge is -2.26. The Morgan fingerprint density at radius 2 is 1.86 bits per heavy atom. The molecule has 0 radical (unpaired) electrons. The number of fused-ring (bicyclic) bond motifs is 1. The van der Waals surface area contributed by atoms with Gasteiger partial charge in [-0.2, -0.15) is 0 Å². The highest BCUT2D eigenvalue weighted by molar-refractivity contribution is 6.24. The van der Waals surface area contributed by atoms with Crippen LogP contribution in [0.3, 0.4) is 0 Å². The molecule has 192 valence electrons. The van der Waals surface area contributed by atoms with E-state index in [1.54, 1.807) is 14.2 Å². The van der Waals surface area contributed by atoms with Gasteiger partial charge in [-0.25, -0.2) is 0 Å². The van der Waals surface area contributed by atoms with Crippen LogP contribution in [0, 0.1) is 5.41 Å². The number of aromatic nitrogens is 1. The lowest BCUT2D eigenvalue weighted by atomic mass is 9.76. The second kappa shape index (κ2) is 10.7. The minimum atomic E-state index is -0.151. The number of carbonyl (C=O) groups excluding carboxylic acids is 2. The standard InChI is InChI=1S/C28H34N2O6/c1-28(2)15-22(33)27-19(30-36-25(27)16-28)9-10-21(32)26-18(6-5-7-20(26)31)29-13-12-17-8-11-23(34-3)24(14-17)35-4/h8,11,14,32H,5-7,9-10,12-13,15-16H2,1-4H3/b26-21+,29-18?. The monoisotopic (exact) mass is 494 g/mol. The summed E-state index contributed by atoms with van der Waals surface area (Å²) in [5.41, 5.74) is 2.95. The highest BCUT2D eigenvalue weighted by atomic mass is 16.5. The number of benzene rings is 1. The zero-order valence-electron chi connectivity index (χ0n) is 21.5. The number of nitrogens with zero attached hydrogens (tertiary/aromatic N) is 2. The molecule has 1 saturated carbocycles. The van der Waals surface area contributed by atoms with E-state index in [1.165, 1.54) is 0 Å². The summed E-state index contributed by atoms with van der Waals surface area (Å²) in [7, 11) is 3.20. The van der Waals surface area contributed by atoms with Crippen LogP contribution in [0.25, 0.3) is 0 Å². The van der Waals surface area contributed by atoms with Gasteiger partial charge in [0.05, 0.1) is 31.1 Å². The smallest absolute Gasteiger partial charge is 0.168 e. The number of hydrogen-bond acceptors (Lipinski definition) is 8. The third-order valence-corrected chi connectivity index (χ3v) is 6.81. The number of aliphatic hydroxyl groups excluding tert-OH is 1. The summed E-state index contributed by atoms with van der Waals surface area (Å²) in [4.78, 5) is 30.1. The maximum Gasteiger partial charge on any atom is 0.168 e. The zero-order chi connectivity index (χ0) is 25.9. The molecule has 36 heavy (non-hydrogen) atoms. The average molecular weight is 495 g/mol. The van der Waals surface area contributed by atoms with E-state index in [0.717, 1.165) is 5.56 Å². The SMILES string of the molecule is COc1ccc(CCN=C2CCCC(=O)/C2=C(/O)CCc2noc3c2C(=O)CC(C)(C)C3)cc1OC. The van der Waals surface area contributed by atoms with Gasteiger partial charge in [-0.3, -0.25) is 14.6 Å². The molecule has 0 spiro atoms. The van der Waals surface area contributed by atoms with E-state index < -0.39 is 0 Å². The van der Waals surface area contributed by atoms with Crippen molar-refractivity contribution in [2.24, 2.45) is 10.4 Å². The minimum absolute atomic E-state index is 0.00454. The second-order valence-electron chi connectivity index (χ2n) is 10.2. The molecule has 1 aromatic carbocycles. The van der Waals surface area contributed by atoms with Gasteiger partial charge in [0.1, 0.15) is 11.5 Å². The van der Waals surface area contributed by atoms with Crippen molar-refractivity contribution >= 4 is 17.3 Å². The molecule has 8 heteroatoms. The van der Waals surface area contributed by atoms with Crippen molar-refractivity contribution in [3.05, 3.63) is 52.1 Å². The maximum atomic E-state index is 12.7. The number of aliphatic imine (C=N–C) groups is 1. The molecule has 0 atom stereocenters. The van der Waals surface area contributed by atoms with Crippen molar-refractivity contribution in [2.75, 3.05) is 20.8 Å². The predicted octanol–water partition coefficient (Wildman–Crippen LogP) is 5.03. The number of aliphatic hydroxyl groups is 1. The first-order chi connectivity index (χ1) is 17.2. The van der Waals surface area contributed by atoms with Gasteiger partial charge in [-0.1, -0.05) is 25.1 Å². The number of ether oxygens (including phenoxy) is 2. The molecule has 8 nitrogen and oxygen atoms in total.